The molecule has 90 valence electrons. The van der Waals surface area contributed by atoms with Crippen LogP contribution in [0.1, 0.15) is 41.6 Å². The summed E-state index contributed by atoms with van der Waals surface area (Å²) in [7, 11) is 0. The molecule has 16 heavy (non-hydrogen) atoms. The highest BCUT2D eigenvalue weighted by molar-refractivity contribution is 9.10. The number of nitrogens with one attached hydrogen (secondary N) is 1. The number of aryl methyl sites for hydroxylation is 2. The number of amides is 1. The summed E-state index contributed by atoms with van der Waals surface area (Å²) in [5.74, 6) is 0.0678. The van der Waals surface area contributed by atoms with Crippen LogP contribution in [0.2, 0.25) is 0 Å². The minimum absolute atomic E-state index is 0.0678. The first-order valence-corrected chi connectivity index (χ1v) is 7.20. The lowest BCUT2D eigenvalue weighted by Crippen LogP contribution is -2.32. The Morgan fingerprint density at radius 2 is 2.19 bits per heavy atom. The van der Waals surface area contributed by atoms with Gasteiger partial charge < -0.3 is 5.32 Å². The second kappa shape index (κ2) is 5.82. The quantitative estimate of drug-likeness (QED) is 0.844. The van der Waals surface area contributed by atoms with E-state index in [1.807, 2.05) is 13.8 Å². The van der Waals surface area contributed by atoms with Crippen molar-refractivity contribution in [1.82, 2.24) is 5.32 Å². The van der Waals surface area contributed by atoms with Crippen LogP contribution in [0.4, 0.5) is 0 Å². The molecule has 1 N–H and O–H groups in total. The lowest BCUT2D eigenvalue weighted by atomic mass is 10.1. The van der Waals surface area contributed by atoms with Crippen molar-refractivity contribution in [3.63, 3.8) is 0 Å². The molecule has 4 heteroatoms. The molecule has 0 aliphatic rings. The van der Waals surface area contributed by atoms with Gasteiger partial charge in [0.15, 0.2) is 0 Å². The highest BCUT2D eigenvalue weighted by Gasteiger charge is 2.17. The number of thiophene rings is 1. The highest BCUT2D eigenvalue weighted by Crippen LogP contribution is 2.26. The van der Waals surface area contributed by atoms with Crippen molar-refractivity contribution in [3.05, 3.63) is 21.4 Å². The van der Waals surface area contributed by atoms with E-state index in [1.165, 1.54) is 15.3 Å². The zero-order valence-corrected chi connectivity index (χ0v) is 12.5. The van der Waals surface area contributed by atoms with Crippen LogP contribution in [0.3, 0.4) is 0 Å². The monoisotopic (exact) mass is 303 g/mol. The predicted molar refractivity (Wildman–Crippen MR) is 73.4 cm³/mol. The van der Waals surface area contributed by atoms with Gasteiger partial charge in [0.25, 0.3) is 0 Å². The highest BCUT2D eigenvalue weighted by atomic mass is 79.9. The van der Waals surface area contributed by atoms with Crippen LogP contribution in [-0.2, 0) is 4.79 Å². The third kappa shape index (κ3) is 3.32. The molecule has 1 amide bonds. The van der Waals surface area contributed by atoms with Crippen LogP contribution in [0, 0.1) is 13.8 Å². The fourth-order valence-electron chi connectivity index (χ4n) is 1.65. The maximum Gasteiger partial charge on any atom is 0.234 e. The summed E-state index contributed by atoms with van der Waals surface area (Å²) in [6, 6.07) is 2.24. The van der Waals surface area contributed by atoms with Gasteiger partial charge in [-0.05, 0) is 38.8 Å². The molecule has 0 radical (unpaired) electrons. The van der Waals surface area contributed by atoms with Gasteiger partial charge >= 0.3 is 0 Å². The average Bonchev–Trinajstić information content (AvgIpc) is 2.56. The largest absolute Gasteiger partial charge is 0.349 e. The summed E-state index contributed by atoms with van der Waals surface area (Å²) >= 11 is 5.13. The van der Waals surface area contributed by atoms with E-state index in [2.05, 4.69) is 41.2 Å². The van der Waals surface area contributed by atoms with E-state index < -0.39 is 0 Å². The van der Waals surface area contributed by atoms with Crippen LogP contribution in [0.15, 0.2) is 6.07 Å². The van der Waals surface area contributed by atoms with Gasteiger partial charge in [-0.15, -0.1) is 11.3 Å². The van der Waals surface area contributed by atoms with E-state index in [0.717, 1.165) is 6.42 Å². The van der Waals surface area contributed by atoms with Crippen LogP contribution in [0.25, 0.3) is 0 Å². The van der Waals surface area contributed by atoms with Crippen molar-refractivity contribution < 1.29 is 4.79 Å². The summed E-state index contributed by atoms with van der Waals surface area (Å²) in [4.78, 5) is 14.2. The Hall–Kier alpha value is -0.350. The molecule has 0 spiro atoms. The number of hydrogen-bond donors (Lipinski definition) is 1. The molecule has 0 bridgehead atoms. The summed E-state index contributed by atoms with van der Waals surface area (Å²) in [6.07, 6.45) is 0.806. The van der Waals surface area contributed by atoms with Gasteiger partial charge in [0.1, 0.15) is 0 Å². The first kappa shape index (κ1) is 13.7. The van der Waals surface area contributed by atoms with Gasteiger partial charge in [-0.3, -0.25) is 4.79 Å². The maximum absolute atomic E-state index is 11.7. The predicted octanol–water partition coefficient (Wildman–Crippen LogP) is 3.72. The van der Waals surface area contributed by atoms with Crippen molar-refractivity contribution in [1.29, 1.82) is 0 Å². The summed E-state index contributed by atoms with van der Waals surface area (Å²) < 4.78 is 0. The van der Waals surface area contributed by atoms with Gasteiger partial charge in [0.05, 0.1) is 10.9 Å². The fraction of sp³-hybridized carbons (Fsp3) is 0.583. The van der Waals surface area contributed by atoms with Crippen LogP contribution in [0.5, 0.6) is 0 Å². The van der Waals surface area contributed by atoms with Crippen LogP contribution in [-0.4, -0.2) is 10.7 Å². The third-order valence-corrected chi connectivity index (χ3v) is 4.59. The normalized spacial score (nSPS) is 14.6. The molecule has 2 unspecified atom stereocenters. The first-order valence-electron chi connectivity index (χ1n) is 5.47. The van der Waals surface area contributed by atoms with E-state index in [1.54, 1.807) is 11.3 Å². The van der Waals surface area contributed by atoms with Crippen molar-refractivity contribution in [2.75, 3.05) is 0 Å². The Morgan fingerprint density at radius 1 is 1.56 bits per heavy atom. The first-order chi connectivity index (χ1) is 7.45. The molecule has 0 aromatic carbocycles. The van der Waals surface area contributed by atoms with Gasteiger partial charge in [-0.1, -0.05) is 22.9 Å². The molecule has 0 fully saturated rings. The molecule has 0 saturated carbocycles. The molecule has 1 heterocycles. The Bertz CT molecular complexity index is 375. The number of carbonyl (C=O) groups is 1. The van der Waals surface area contributed by atoms with Crippen molar-refractivity contribution >= 4 is 33.2 Å². The Balaban J connectivity index is 2.69. The second-order valence-electron chi connectivity index (χ2n) is 3.97. The van der Waals surface area contributed by atoms with Gasteiger partial charge in [0, 0.05) is 9.75 Å². The molecular formula is C12H18BrNOS. The minimum Gasteiger partial charge on any atom is -0.349 e. The fourth-order valence-corrected chi connectivity index (χ4v) is 2.80. The smallest absolute Gasteiger partial charge is 0.234 e. The Labute approximate surface area is 110 Å². The Kier molecular flexibility index (Phi) is 4.99. The average molecular weight is 304 g/mol. The molecule has 2 atom stereocenters. The zero-order valence-electron chi connectivity index (χ0n) is 10.1. The SMILES string of the molecule is CCC(Br)C(=O)NC(C)c1cc(C)sc1C. The molecule has 0 saturated heterocycles. The molecular weight excluding hydrogens is 286 g/mol. The van der Waals surface area contributed by atoms with E-state index in [-0.39, 0.29) is 16.8 Å². The summed E-state index contributed by atoms with van der Waals surface area (Å²) in [5.41, 5.74) is 1.23. The zero-order chi connectivity index (χ0) is 12.3. The number of hydrogen-bond acceptors (Lipinski definition) is 2. The summed E-state index contributed by atoms with van der Waals surface area (Å²) in [6.45, 7) is 8.21. The van der Waals surface area contributed by atoms with Crippen LogP contribution >= 0.6 is 27.3 Å². The van der Waals surface area contributed by atoms with E-state index in [9.17, 15) is 4.79 Å². The lowest BCUT2D eigenvalue weighted by molar-refractivity contribution is -0.121. The van der Waals surface area contributed by atoms with Crippen molar-refractivity contribution in [2.45, 2.75) is 45.0 Å². The third-order valence-electron chi connectivity index (χ3n) is 2.55. The van der Waals surface area contributed by atoms with E-state index in [4.69, 9.17) is 0 Å². The summed E-state index contributed by atoms with van der Waals surface area (Å²) in [5, 5.41) is 3.02. The Morgan fingerprint density at radius 3 is 2.62 bits per heavy atom. The molecule has 0 aliphatic carbocycles. The van der Waals surface area contributed by atoms with E-state index in [0.29, 0.717) is 0 Å². The topological polar surface area (TPSA) is 29.1 Å². The van der Waals surface area contributed by atoms with Gasteiger partial charge in [-0.25, -0.2) is 0 Å². The van der Waals surface area contributed by atoms with Gasteiger partial charge in [0.2, 0.25) is 5.91 Å². The molecule has 1 aromatic heterocycles. The van der Waals surface area contributed by atoms with Crippen molar-refractivity contribution in [3.8, 4) is 0 Å². The number of halogens is 1. The van der Waals surface area contributed by atoms with E-state index >= 15 is 0 Å². The lowest BCUT2D eigenvalue weighted by Gasteiger charge is -2.16. The molecule has 1 rings (SSSR count). The number of rotatable bonds is 4. The number of carbonyl (C=O) groups excluding carboxylic acids is 1. The van der Waals surface area contributed by atoms with Crippen LogP contribution < -0.4 is 5.32 Å². The maximum atomic E-state index is 11.7. The van der Waals surface area contributed by atoms with Crippen molar-refractivity contribution in [2.24, 2.45) is 0 Å². The second-order valence-corrected chi connectivity index (χ2v) is 6.54. The minimum atomic E-state index is -0.0880. The molecule has 2 nitrogen and oxygen atoms in total. The molecule has 1 aromatic rings. The standard InChI is InChI=1S/C12H18BrNOS/c1-5-11(13)12(15)14-8(3)10-6-7(2)16-9(10)4/h6,8,11H,5H2,1-4H3,(H,14,15). The van der Waals surface area contributed by atoms with Gasteiger partial charge in [-0.2, -0.15) is 0 Å². The number of alkyl halides is 1. The molecule has 0 aliphatic heterocycles.